The number of rotatable bonds is 3. The van der Waals surface area contributed by atoms with Crippen LogP contribution < -0.4 is 0 Å². The first-order chi connectivity index (χ1) is 8.02. The van der Waals surface area contributed by atoms with Crippen LogP contribution >= 0.6 is 0 Å². The molecule has 1 unspecified atom stereocenters. The second-order valence-corrected chi connectivity index (χ2v) is 3.11. The van der Waals surface area contributed by atoms with E-state index in [1.165, 1.54) is 6.92 Å². The Hall–Kier alpha value is -2.17. The highest BCUT2D eigenvalue weighted by atomic mass is 16.5. The molecule has 92 valence electrons. The molecule has 17 heavy (non-hydrogen) atoms. The fourth-order valence-corrected chi connectivity index (χ4v) is 0.809. The minimum atomic E-state index is -1.16. The van der Waals surface area contributed by atoms with Crippen LogP contribution in [0.15, 0.2) is 30.3 Å². The van der Waals surface area contributed by atoms with Gasteiger partial charge >= 0.3 is 11.9 Å². The summed E-state index contributed by atoms with van der Waals surface area (Å²) < 4.78 is 4.15. The Morgan fingerprint density at radius 2 is 1.82 bits per heavy atom. The third-order valence-electron chi connectivity index (χ3n) is 1.86. The molecule has 0 radical (unpaired) electrons. The summed E-state index contributed by atoms with van der Waals surface area (Å²) in [5, 5.41) is 8.18. The number of benzene rings is 1. The number of aliphatic carboxylic acids is 1. The number of carboxylic acid groups (broad SMARTS) is 1. The quantitative estimate of drug-likeness (QED) is 0.488. The smallest absolute Gasteiger partial charge is 0.319 e. The Bertz CT molecular complexity index is 372. The largest absolute Gasteiger partial charge is 0.481 e. The van der Waals surface area contributed by atoms with Crippen molar-refractivity contribution in [2.45, 2.75) is 6.92 Å². The van der Waals surface area contributed by atoms with E-state index in [2.05, 4.69) is 4.74 Å². The molecule has 0 amide bonds. The fraction of sp³-hybridized carbons (Fsp3) is 0.250. The lowest BCUT2D eigenvalue weighted by Crippen LogP contribution is -2.21. The molecule has 0 aromatic heterocycles. The number of aldehydes is 1. The van der Waals surface area contributed by atoms with Crippen molar-refractivity contribution >= 4 is 18.2 Å². The van der Waals surface area contributed by atoms with E-state index in [1.54, 1.807) is 12.1 Å². The summed E-state index contributed by atoms with van der Waals surface area (Å²) in [4.78, 5) is 30.4. The first-order valence-electron chi connectivity index (χ1n) is 4.83. The third kappa shape index (κ3) is 6.09. The third-order valence-corrected chi connectivity index (χ3v) is 1.86. The molecule has 0 heterocycles. The van der Waals surface area contributed by atoms with Crippen molar-refractivity contribution in [1.82, 2.24) is 0 Å². The van der Waals surface area contributed by atoms with E-state index >= 15 is 0 Å². The molecule has 1 aromatic carbocycles. The summed E-state index contributed by atoms with van der Waals surface area (Å²) in [7, 11) is 1.15. The van der Waals surface area contributed by atoms with Gasteiger partial charge in [-0.05, 0) is 6.92 Å². The van der Waals surface area contributed by atoms with Crippen molar-refractivity contribution in [2.24, 2.45) is 5.92 Å². The second kappa shape index (κ2) is 8.04. The van der Waals surface area contributed by atoms with E-state index in [1.807, 2.05) is 18.2 Å². The van der Waals surface area contributed by atoms with Gasteiger partial charge in [0.1, 0.15) is 6.29 Å². The average Bonchev–Trinajstić information content (AvgIpc) is 2.38. The van der Waals surface area contributed by atoms with Crippen LogP contribution in [0.4, 0.5) is 0 Å². The summed E-state index contributed by atoms with van der Waals surface area (Å²) in [6.45, 7) is 1.27. The molecule has 0 saturated carbocycles. The number of hydrogen-bond acceptors (Lipinski definition) is 4. The summed E-state index contributed by atoms with van der Waals surface area (Å²) in [5.74, 6) is -2.95. The Morgan fingerprint density at radius 1 is 1.29 bits per heavy atom. The predicted molar refractivity (Wildman–Crippen MR) is 60.6 cm³/mol. The van der Waals surface area contributed by atoms with Crippen LogP contribution in [0, 0.1) is 5.92 Å². The molecule has 1 atom stereocenters. The van der Waals surface area contributed by atoms with Crippen LogP contribution in [-0.4, -0.2) is 30.4 Å². The molecule has 0 bridgehead atoms. The molecule has 0 aliphatic rings. The monoisotopic (exact) mass is 238 g/mol. The van der Waals surface area contributed by atoms with Gasteiger partial charge in [-0.3, -0.25) is 14.4 Å². The van der Waals surface area contributed by atoms with Gasteiger partial charge in [-0.2, -0.15) is 0 Å². The summed E-state index contributed by atoms with van der Waals surface area (Å²) >= 11 is 0. The molecule has 5 nitrogen and oxygen atoms in total. The molecule has 1 aromatic rings. The number of esters is 1. The maximum atomic E-state index is 10.4. The zero-order chi connectivity index (χ0) is 13.3. The molecular formula is C12H14O5. The lowest BCUT2D eigenvalue weighted by molar-refractivity contribution is -0.155. The molecular weight excluding hydrogens is 224 g/mol. The molecule has 0 spiro atoms. The molecule has 0 aliphatic carbocycles. The van der Waals surface area contributed by atoms with Crippen molar-refractivity contribution in [2.75, 3.05) is 7.11 Å². The van der Waals surface area contributed by atoms with Gasteiger partial charge in [-0.25, -0.2) is 0 Å². The van der Waals surface area contributed by atoms with Crippen molar-refractivity contribution in [3.8, 4) is 0 Å². The Kier molecular flexibility index (Phi) is 7.01. The maximum absolute atomic E-state index is 10.4. The lowest BCUT2D eigenvalue weighted by atomic mass is 10.2. The maximum Gasteiger partial charge on any atom is 0.319 e. The highest BCUT2D eigenvalue weighted by Crippen LogP contribution is 1.95. The normalized spacial score (nSPS) is 10.5. The van der Waals surface area contributed by atoms with Gasteiger partial charge in [0.25, 0.3) is 0 Å². The van der Waals surface area contributed by atoms with Crippen molar-refractivity contribution in [1.29, 1.82) is 0 Å². The SMILES string of the molecule is COC(=O)C(C)C(=O)O.O=Cc1ccccc1. The molecule has 0 aliphatic heterocycles. The van der Waals surface area contributed by atoms with E-state index in [0.717, 1.165) is 19.0 Å². The first kappa shape index (κ1) is 14.8. The minimum absolute atomic E-state index is 0.720. The number of hydrogen-bond donors (Lipinski definition) is 1. The van der Waals surface area contributed by atoms with E-state index in [9.17, 15) is 14.4 Å². The Balaban J connectivity index is 0.000000302. The molecule has 1 rings (SSSR count). The fourth-order valence-electron chi connectivity index (χ4n) is 0.809. The topological polar surface area (TPSA) is 80.7 Å². The van der Waals surface area contributed by atoms with Gasteiger partial charge in [0, 0.05) is 5.56 Å². The van der Waals surface area contributed by atoms with Crippen molar-refractivity contribution in [3.63, 3.8) is 0 Å². The van der Waals surface area contributed by atoms with E-state index < -0.39 is 17.9 Å². The van der Waals surface area contributed by atoms with Gasteiger partial charge < -0.3 is 9.84 Å². The van der Waals surface area contributed by atoms with Crippen LogP contribution in [-0.2, 0) is 14.3 Å². The summed E-state index contributed by atoms with van der Waals surface area (Å²) in [6, 6.07) is 9.10. The number of carbonyl (C=O) groups is 3. The van der Waals surface area contributed by atoms with Crippen molar-refractivity contribution in [3.05, 3.63) is 35.9 Å². The average molecular weight is 238 g/mol. The first-order valence-corrected chi connectivity index (χ1v) is 4.83. The Labute approximate surface area is 99.0 Å². The van der Waals surface area contributed by atoms with Gasteiger partial charge in [0.05, 0.1) is 7.11 Å². The number of carbonyl (C=O) groups excluding carboxylic acids is 2. The van der Waals surface area contributed by atoms with Crippen molar-refractivity contribution < 1.29 is 24.2 Å². The molecule has 0 fully saturated rings. The minimum Gasteiger partial charge on any atom is -0.481 e. The van der Waals surface area contributed by atoms with Gasteiger partial charge in [-0.1, -0.05) is 30.3 Å². The molecule has 5 heteroatoms. The van der Waals surface area contributed by atoms with Crippen LogP contribution in [0.5, 0.6) is 0 Å². The van der Waals surface area contributed by atoms with Crippen LogP contribution in [0.25, 0.3) is 0 Å². The summed E-state index contributed by atoms with van der Waals surface area (Å²) in [5.41, 5.74) is 0.729. The van der Waals surface area contributed by atoms with Crippen LogP contribution in [0.2, 0.25) is 0 Å². The highest BCUT2D eigenvalue weighted by Gasteiger charge is 2.20. The number of carboxylic acids is 1. The number of methoxy groups -OCH3 is 1. The standard InChI is InChI=1S/C7H6O.C5H8O4/c8-6-7-4-2-1-3-5-7;1-3(4(6)7)5(8)9-2/h1-6H;3H,1-2H3,(H,6,7). The summed E-state index contributed by atoms with van der Waals surface area (Å²) in [6.07, 6.45) is 0.833. The zero-order valence-electron chi connectivity index (χ0n) is 9.62. The zero-order valence-corrected chi connectivity index (χ0v) is 9.62. The van der Waals surface area contributed by atoms with E-state index in [0.29, 0.717) is 0 Å². The molecule has 1 N–H and O–H groups in total. The van der Waals surface area contributed by atoms with E-state index in [4.69, 9.17) is 5.11 Å². The molecule has 0 saturated heterocycles. The second-order valence-electron chi connectivity index (χ2n) is 3.11. The van der Waals surface area contributed by atoms with E-state index in [-0.39, 0.29) is 0 Å². The lowest BCUT2D eigenvalue weighted by Gasteiger charge is -2.00. The van der Waals surface area contributed by atoms with Crippen LogP contribution in [0.3, 0.4) is 0 Å². The van der Waals surface area contributed by atoms with Gasteiger partial charge in [0.2, 0.25) is 0 Å². The van der Waals surface area contributed by atoms with Gasteiger partial charge in [-0.15, -0.1) is 0 Å². The number of ether oxygens (including phenoxy) is 1. The predicted octanol–water partition coefficient (Wildman–Crippen LogP) is 1.38. The van der Waals surface area contributed by atoms with Gasteiger partial charge in [0.15, 0.2) is 5.92 Å². The van der Waals surface area contributed by atoms with Crippen LogP contribution in [0.1, 0.15) is 17.3 Å². The Morgan fingerprint density at radius 3 is 2.06 bits per heavy atom. The highest BCUT2D eigenvalue weighted by molar-refractivity contribution is 5.93.